The van der Waals surface area contributed by atoms with Crippen LogP contribution in [0, 0.1) is 0 Å². The predicted octanol–water partition coefficient (Wildman–Crippen LogP) is 4.69. The second-order valence-corrected chi connectivity index (χ2v) is 10.2. The molecular formula is C23H19N3O3S2. The summed E-state index contributed by atoms with van der Waals surface area (Å²) >= 11 is 1.33. The number of thiazole rings is 1. The highest BCUT2D eigenvalue weighted by Gasteiger charge is 2.29. The van der Waals surface area contributed by atoms with Gasteiger partial charge in [0.05, 0.1) is 20.8 Å². The molecule has 6 nitrogen and oxygen atoms in total. The van der Waals surface area contributed by atoms with E-state index in [1.165, 1.54) is 15.6 Å². The summed E-state index contributed by atoms with van der Waals surface area (Å²) in [5.41, 5.74) is 2.88. The van der Waals surface area contributed by atoms with Gasteiger partial charge < -0.3 is 5.32 Å². The van der Waals surface area contributed by atoms with Gasteiger partial charge in [-0.05, 0) is 54.8 Å². The number of hydrogen-bond donors (Lipinski definition) is 1. The van der Waals surface area contributed by atoms with Crippen molar-refractivity contribution in [2.75, 3.05) is 16.2 Å². The summed E-state index contributed by atoms with van der Waals surface area (Å²) in [6.07, 6.45) is 1.54. The molecule has 3 aromatic carbocycles. The standard InChI is InChI=1S/C23H19N3O3S2/c27-22(23-25-19-10-4-5-11-21(19)30-23)24-17-13-12-16-7-6-14-26(20(16)15-17)31(28,29)18-8-2-1-3-9-18/h1-5,8-13,15H,6-7,14H2,(H,24,27). The van der Waals surface area contributed by atoms with Crippen LogP contribution < -0.4 is 9.62 Å². The van der Waals surface area contributed by atoms with E-state index in [1.54, 1.807) is 36.4 Å². The van der Waals surface area contributed by atoms with E-state index < -0.39 is 10.0 Å². The predicted molar refractivity (Wildman–Crippen MR) is 123 cm³/mol. The largest absolute Gasteiger partial charge is 0.320 e. The third kappa shape index (κ3) is 3.68. The van der Waals surface area contributed by atoms with Gasteiger partial charge in [-0.25, -0.2) is 13.4 Å². The summed E-state index contributed by atoms with van der Waals surface area (Å²) in [6.45, 7) is 0.402. The van der Waals surface area contributed by atoms with E-state index in [9.17, 15) is 13.2 Å². The van der Waals surface area contributed by atoms with Crippen LogP contribution in [0.2, 0.25) is 0 Å². The molecule has 0 bridgehead atoms. The molecule has 0 fully saturated rings. The Hall–Kier alpha value is -3.23. The zero-order valence-electron chi connectivity index (χ0n) is 16.5. The van der Waals surface area contributed by atoms with Gasteiger partial charge in [0, 0.05) is 12.2 Å². The zero-order valence-corrected chi connectivity index (χ0v) is 18.1. The van der Waals surface area contributed by atoms with Crippen molar-refractivity contribution in [2.45, 2.75) is 17.7 Å². The Kier molecular flexibility index (Phi) is 4.95. The SMILES string of the molecule is O=C(Nc1ccc2c(c1)N(S(=O)(=O)c1ccccc1)CCC2)c1nc2ccccc2s1. The normalized spacial score (nSPS) is 13.7. The molecule has 0 saturated heterocycles. The summed E-state index contributed by atoms with van der Waals surface area (Å²) in [7, 11) is -3.68. The van der Waals surface area contributed by atoms with Crippen LogP contribution >= 0.6 is 11.3 Å². The number of carbonyl (C=O) groups is 1. The molecule has 8 heteroatoms. The van der Waals surface area contributed by atoms with Gasteiger partial charge in [0.2, 0.25) is 0 Å². The van der Waals surface area contributed by atoms with Crippen LogP contribution in [0.15, 0.2) is 77.7 Å². The third-order valence-electron chi connectivity index (χ3n) is 5.24. The van der Waals surface area contributed by atoms with Gasteiger partial charge in [-0.1, -0.05) is 36.4 Å². The average molecular weight is 450 g/mol. The van der Waals surface area contributed by atoms with Crippen molar-refractivity contribution in [2.24, 2.45) is 0 Å². The molecule has 2 heterocycles. The number of anilines is 2. The molecule has 1 aromatic heterocycles. The monoisotopic (exact) mass is 449 g/mol. The molecule has 1 aliphatic heterocycles. The topological polar surface area (TPSA) is 79.4 Å². The molecule has 1 N–H and O–H groups in total. The van der Waals surface area contributed by atoms with E-state index in [2.05, 4.69) is 10.3 Å². The van der Waals surface area contributed by atoms with Gasteiger partial charge in [0.25, 0.3) is 15.9 Å². The Bertz CT molecular complexity index is 1350. The summed E-state index contributed by atoms with van der Waals surface area (Å²) in [4.78, 5) is 17.4. The summed E-state index contributed by atoms with van der Waals surface area (Å²) < 4.78 is 28.9. The van der Waals surface area contributed by atoms with Crippen LogP contribution in [0.4, 0.5) is 11.4 Å². The Morgan fingerprint density at radius 1 is 1.00 bits per heavy atom. The van der Waals surface area contributed by atoms with Gasteiger partial charge in [-0.3, -0.25) is 9.10 Å². The molecule has 31 heavy (non-hydrogen) atoms. The molecule has 156 valence electrons. The number of rotatable bonds is 4. The lowest BCUT2D eigenvalue weighted by molar-refractivity contribution is 0.102. The molecule has 0 aliphatic carbocycles. The maximum Gasteiger partial charge on any atom is 0.284 e. The highest BCUT2D eigenvalue weighted by atomic mass is 32.2. The Labute approximate surface area is 184 Å². The fraction of sp³-hybridized carbons (Fsp3) is 0.130. The number of para-hydroxylation sites is 1. The molecule has 0 saturated carbocycles. The number of fused-ring (bicyclic) bond motifs is 2. The lowest BCUT2D eigenvalue weighted by Crippen LogP contribution is -2.35. The minimum Gasteiger partial charge on any atom is -0.320 e. The van der Waals surface area contributed by atoms with Crippen molar-refractivity contribution in [3.63, 3.8) is 0 Å². The van der Waals surface area contributed by atoms with Crippen molar-refractivity contribution < 1.29 is 13.2 Å². The van der Waals surface area contributed by atoms with E-state index >= 15 is 0 Å². The van der Waals surface area contributed by atoms with Crippen molar-refractivity contribution in [1.29, 1.82) is 0 Å². The van der Waals surface area contributed by atoms with Crippen LogP contribution in [-0.4, -0.2) is 25.9 Å². The number of hydrogen-bond acceptors (Lipinski definition) is 5. The van der Waals surface area contributed by atoms with E-state index in [1.807, 2.05) is 36.4 Å². The first-order valence-electron chi connectivity index (χ1n) is 9.90. The van der Waals surface area contributed by atoms with Gasteiger partial charge >= 0.3 is 0 Å². The second-order valence-electron chi connectivity index (χ2n) is 7.28. The fourth-order valence-electron chi connectivity index (χ4n) is 3.74. The minimum absolute atomic E-state index is 0.256. The van der Waals surface area contributed by atoms with Gasteiger partial charge in [-0.2, -0.15) is 0 Å². The van der Waals surface area contributed by atoms with E-state index in [0.717, 1.165) is 28.6 Å². The molecule has 1 amide bonds. The first-order valence-corrected chi connectivity index (χ1v) is 12.2. The van der Waals surface area contributed by atoms with Gasteiger partial charge in [0.1, 0.15) is 0 Å². The average Bonchev–Trinajstić information content (AvgIpc) is 3.24. The quantitative estimate of drug-likeness (QED) is 0.490. The Morgan fingerprint density at radius 2 is 1.77 bits per heavy atom. The summed E-state index contributed by atoms with van der Waals surface area (Å²) in [6, 6.07) is 21.4. The van der Waals surface area contributed by atoms with Gasteiger partial charge in [0.15, 0.2) is 5.01 Å². The smallest absolute Gasteiger partial charge is 0.284 e. The molecule has 4 aromatic rings. The lowest BCUT2D eigenvalue weighted by Gasteiger charge is -2.31. The second kappa shape index (κ2) is 7.79. The van der Waals surface area contributed by atoms with Crippen LogP contribution in [0.1, 0.15) is 21.8 Å². The van der Waals surface area contributed by atoms with Crippen molar-refractivity contribution in [1.82, 2.24) is 4.98 Å². The van der Waals surface area contributed by atoms with E-state index in [-0.39, 0.29) is 10.8 Å². The van der Waals surface area contributed by atoms with Crippen molar-refractivity contribution in [3.8, 4) is 0 Å². The molecule has 0 atom stereocenters. The van der Waals surface area contributed by atoms with Gasteiger partial charge in [-0.15, -0.1) is 11.3 Å². The Balaban J connectivity index is 1.46. The molecule has 0 unspecified atom stereocenters. The lowest BCUT2D eigenvalue weighted by atomic mass is 10.0. The molecule has 0 radical (unpaired) electrons. The fourth-order valence-corrected chi connectivity index (χ4v) is 6.16. The number of carbonyl (C=O) groups excluding carboxylic acids is 1. The van der Waals surface area contributed by atoms with Crippen molar-refractivity contribution >= 4 is 48.9 Å². The molecular weight excluding hydrogens is 430 g/mol. The zero-order chi connectivity index (χ0) is 21.4. The number of amides is 1. The third-order valence-corrected chi connectivity index (χ3v) is 8.10. The molecule has 0 spiro atoms. The number of nitrogens with one attached hydrogen (secondary N) is 1. The molecule has 1 aliphatic rings. The minimum atomic E-state index is -3.68. The first-order chi connectivity index (χ1) is 15.0. The number of nitrogens with zero attached hydrogens (tertiary/aromatic N) is 2. The number of benzene rings is 3. The van der Waals surface area contributed by atoms with E-state index in [4.69, 9.17) is 0 Å². The van der Waals surface area contributed by atoms with Crippen LogP contribution in [0.5, 0.6) is 0 Å². The van der Waals surface area contributed by atoms with Crippen LogP contribution in [-0.2, 0) is 16.4 Å². The Morgan fingerprint density at radius 3 is 2.58 bits per heavy atom. The summed E-state index contributed by atoms with van der Waals surface area (Å²) in [5.74, 6) is -0.311. The number of sulfonamides is 1. The first kappa shape index (κ1) is 19.7. The van der Waals surface area contributed by atoms with Crippen LogP contribution in [0.3, 0.4) is 0 Å². The highest BCUT2D eigenvalue weighted by molar-refractivity contribution is 7.92. The summed E-state index contributed by atoms with van der Waals surface area (Å²) in [5, 5.41) is 3.24. The van der Waals surface area contributed by atoms with Crippen molar-refractivity contribution in [3.05, 3.63) is 83.4 Å². The maximum absolute atomic E-state index is 13.2. The molecule has 5 rings (SSSR count). The number of aryl methyl sites for hydroxylation is 1. The van der Waals surface area contributed by atoms with E-state index in [0.29, 0.717) is 22.9 Å². The maximum atomic E-state index is 13.2. The highest BCUT2D eigenvalue weighted by Crippen LogP contribution is 2.34. The number of aromatic nitrogens is 1. The van der Waals surface area contributed by atoms with Crippen LogP contribution in [0.25, 0.3) is 10.2 Å².